The smallest absolute Gasteiger partial charge is 0.0136 e. The number of nitrogens with one attached hydrogen (secondary N) is 1. The zero-order valence-electron chi connectivity index (χ0n) is 9.42. The number of aryl methyl sites for hydroxylation is 2. The molecule has 2 atom stereocenters. The van der Waals surface area contributed by atoms with Crippen LogP contribution in [-0.4, -0.2) is 12.6 Å². The average molecular weight is 201 g/mol. The maximum Gasteiger partial charge on any atom is 0.0136 e. The Bertz CT molecular complexity index is 364. The first-order valence-corrected chi connectivity index (χ1v) is 6.17. The van der Waals surface area contributed by atoms with Crippen LogP contribution in [0.4, 0.5) is 0 Å². The van der Waals surface area contributed by atoms with E-state index in [2.05, 4.69) is 30.4 Å². The minimum Gasteiger partial charge on any atom is -0.313 e. The molecule has 1 aromatic rings. The zero-order chi connectivity index (χ0) is 10.3. The lowest BCUT2D eigenvalue weighted by Gasteiger charge is -2.20. The third-order valence-electron chi connectivity index (χ3n) is 4.01. The van der Waals surface area contributed by atoms with E-state index in [4.69, 9.17) is 0 Å². The van der Waals surface area contributed by atoms with Crippen molar-refractivity contribution in [3.63, 3.8) is 0 Å². The topological polar surface area (TPSA) is 12.0 Å². The predicted molar refractivity (Wildman–Crippen MR) is 63.3 cm³/mol. The van der Waals surface area contributed by atoms with Gasteiger partial charge in [-0.1, -0.05) is 23.8 Å². The number of hydrogen-bond donors (Lipinski definition) is 1. The summed E-state index contributed by atoms with van der Waals surface area (Å²) in [5.41, 5.74) is 4.65. The Morgan fingerprint density at radius 3 is 3.00 bits per heavy atom. The minimum atomic E-state index is 0.757. The van der Waals surface area contributed by atoms with Gasteiger partial charge < -0.3 is 5.32 Å². The van der Waals surface area contributed by atoms with Gasteiger partial charge in [0, 0.05) is 6.04 Å². The van der Waals surface area contributed by atoms with E-state index in [0.29, 0.717) is 0 Å². The normalized spacial score (nSPS) is 29.4. The summed E-state index contributed by atoms with van der Waals surface area (Å²) in [4.78, 5) is 0. The molecule has 80 valence electrons. The van der Waals surface area contributed by atoms with Crippen molar-refractivity contribution >= 4 is 0 Å². The molecular weight excluding hydrogens is 182 g/mol. The van der Waals surface area contributed by atoms with Crippen LogP contribution in [0, 0.1) is 6.92 Å². The van der Waals surface area contributed by atoms with E-state index in [-0.39, 0.29) is 0 Å². The molecule has 1 heterocycles. The van der Waals surface area contributed by atoms with Crippen LogP contribution in [0.5, 0.6) is 0 Å². The molecule has 0 saturated carbocycles. The molecule has 0 spiro atoms. The molecule has 1 saturated heterocycles. The van der Waals surface area contributed by atoms with Gasteiger partial charge in [0.2, 0.25) is 0 Å². The molecule has 0 radical (unpaired) electrons. The summed E-state index contributed by atoms with van der Waals surface area (Å²) >= 11 is 0. The Morgan fingerprint density at radius 2 is 2.20 bits per heavy atom. The first-order chi connectivity index (χ1) is 7.34. The molecule has 15 heavy (non-hydrogen) atoms. The highest BCUT2D eigenvalue weighted by Crippen LogP contribution is 2.38. The Balaban J connectivity index is 1.92. The van der Waals surface area contributed by atoms with E-state index in [1.807, 2.05) is 0 Å². The molecule has 1 nitrogen and oxygen atoms in total. The second-order valence-corrected chi connectivity index (χ2v) is 5.05. The number of rotatable bonds is 1. The fourth-order valence-electron chi connectivity index (χ4n) is 3.23. The maximum absolute atomic E-state index is 3.66. The summed E-state index contributed by atoms with van der Waals surface area (Å²) < 4.78 is 0. The number of fused-ring (bicyclic) bond motifs is 1. The number of benzene rings is 1. The second-order valence-electron chi connectivity index (χ2n) is 5.05. The van der Waals surface area contributed by atoms with Gasteiger partial charge in [-0.25, -0.2) is 0 Å². The standard InChI is InChI=1S/C14H19N/c1-10-4-5-11-6-7-12(13(11)9-10)14-3-2-8-15-14/h4-5,9,12,14-15H,2-3,6-8H2,1H3. The monoisotopic (exact) mass is 201 g/mol. The van der Waals surface area contributed by atoms with Gasteiger partial charge in [-0.05, 0) is 56.2 Å². The quantitative estimate of drug-likeness (QED) is 0.736. The predicted octanol–water partition coefficient (Wildman–Crippen LogP) is 2.78. The Morgan fingerprint density at radius 1 is 1.27 bits per heavy atom. The van der Waals surface area contributed by atoms with Crippen LogP contribution in [0.3, 0.4) is 0 Å². The average Bonchev–Trinajstić information content (AvgIpc) is 2.83. The van der Waals surface area contributed by atoms with Crippen molar-refractivity contribution in [1.82, 2.24) is 5.32 Å². The van der Waals surface area contributed by atoms with Gasteiger partial charge >= 0.3 is 0 Å². The molecule has 0 amide bonds. The maximum atomic E-state index is 3.66. The second kappa shape index (κ2) is 3.64. The SMILES string of the molecule is Cc1ccc2c(c1)C(C1CCCN1)CC2. The molecule has 2 unspecified atom stereocenters. The largest absolute Gasteiger partial charge is 0.313 e. The van der Waals surface area contributed by atoms with Crippen LogP contribution in [0.2, 0.25) is 0 Å². The van der Waals surface area contributed by atoms with Crippen molar-refractivity contribution in [2.75, 3.05) is 6.54 Å². The first-order valence-electron chi connectivity index (χ1n) is 6.17. The highest BCUT2D eigenvalue weighted by atomic mass is 14.9. The van der Waals surface area contributed by atoms with Crippen molar-refractivity contribution < 1.29 is 0 Å². The van der Waals surface area contributed by atoms with Gasteiger partial charge in [0.25, 0.3) is 0 Å². The van der Waals surface area contributed by atoms with Gasteiger partial charge in [-0.2, -0.15) is 0 Å². The van der Waals surface area contributed by atoms with E-state index < -0.39 is 0 Å². The fraction of sp³-hybridized carbons (Fsp3) is 0.571. The van der Waals surface area contributed by atoms with Crippen molar-refractivity contribution in [1.29, 1.82) is 0 Å². The van der Waals surface area contributed by atoms with Crippen LogP contribution in [0.15, 0.2) is 18.2 Å². The zero-order valence-corrected chi connectivity index (χ0v) is 9.42. The number of hydrogen-bond acceptors (Lipinski definition) is 1. The molecule has 0 bridgehead atoms. The van der Waals surface area contributed by atoms with E-state index in [1.165, 1.54) is 37.8 Å². The van der Waals surface area contributed by atoms with Gasteiger partial charge in [0.05, 0.1) is 0 Å². The van der Waals surface area contributed by atoms with E-state index in [0.717, 1.165) is 12.0 Å². The molecule has 1 aliphatic heterocycles. The first kappa shape index (κ1) is 9.41. The van der Waals surface area contributed by atoms with Gasteiger partial charge in [0.1, 0.15) is 0 Å². The van der Waals surface area contributed by atoms with Gasteiger partial charge in [0.15, 0.2) is 0 Å². The van der Waals surface area contributed by atoms with E-state index >= 15 is 0 Å². The molecule has 1 heteroatoms. The lowest BCUT2D eigenvalue weighted by molar-refractivity contribution is 0.485. The Labute approximate surface area is 91.9 Å². The third kappa shape index (κ3) is 1.59. The molecule has 0 aromatic heterocycles. The Kier molecular flexibility index (Phi) is 2.28. The summed E-state index contributed by atoms with van der Waals surface area (Å²) in [6.45, 7) is 3.43. The van der Waals surface area contributed by atoms with E-state index in [1.54, 1.807) is 11.1 Å². The van der Waals surface area contributed by atoms with Gasteiger partial charge in [-0.15, -0.1) is 0 Å². The molecule has 1 N–H and O–H groups in total. The molecule has 3 rings (SSSR count). The summed E-state index contributed by atoms with van der Waals surface area (Å²) in [5, 5.41) is 3.66. The molecular formula is C14H19N. The van der Waals surface area contributed by atoms with Crippen molar-refractivity contribution in [2.45, 2.75) is 44.6 Å². The molecule has 2 aliphatic rings. The van der Waals surface area contributed by atoms with Crippen LogP contribution >= 0.6 is 0 Å². The molecule has 1 aliphatic carbocycles. The lowest BCUT2D eigenvalue weighted by Crippen LogP contribution is -2.27. The summed E-state index contributed by atoms with van der Waals surface area (Å²) in [6, 6.07) is 7.75. The van der Waals surface area contributed by atoms with Crippen molar-refractivity contribution in [3.8, 4) is 0 Å². The van der Waals surface area contributed by atoms with Crippen LogP contribution < -0.4 is 5.32 Å². The van der Waals surface area contributed by atoms with Crippen LogP contribution in [0.25, 0.3) is 0 Å². The highest BCUT2D eigenvalue weighted by Gasteiger charge is 2.31. The third-order valence-corrected chi connectivity index (χ3v) is 4.01. The molecule has 1 aromatic carbocycles. The summed E-state index contributed by atoms with van der Waals surface area (Å²) in [5.74, 6) is 0.794. The minimum absolute atomic E-state index is 0.757. The molecule has 1 fully saturated rings. The van der Waals surface area contributed by atoms with Crippen molar-refractivity contribution in [3.05, 3.63) is 34.9 Å². The summed E-state index contributed by atoms with van der Waals surface area (Å²) in [7, 11) is 0. The van der Waals surface area contributed by atoms with Crippen LogP contribution in [-0.2, 0) is 6.42 Å². The van der Waals surface area contributed by atoms with Crippen molar-refractivity contribution in [2.24, 2.45) is 0 Å². The highest BCUT2D eigenvalue weighted by molar-refractivity contribution is 5.39. The van der Waals surface area contributed by atoms with E-state index in [9.17, 15) is 0 Å². The summed E-state index contributed by atoms with van der Waals surface area (Å²) in [6.07, 6.45) is 5.38. The Hall–Kier alpha value is -0.820. The lowest BCUT2D eigenvalue weighted by atomic mass is 9.91. The fourth-order valence-corrected chi connectivity index (χ4v) is 3.23. The van der Waals surface area contributed by atoms with Gasteiger partial charge in [-0.3, -0.25) is 0 Å². The van der Waals surface area contributed by atoms with Crippen LogP contribution in [0.1, 0.15) is 41.9 Å².